The lowest BCUT2D eigenvalue weighted by Gasteiger charge is -2.34. The van der Waals surface area contributed by atoms with Crippen LogP contribution < -0.4 is 5.73 Å². The Balaban J connectivity index is 2.85. The highest BCUT2D eigenvalue weighted by molar-refractivity contribution is 5.79. The number of ether oxygens (including phenoxy) is 1. The summed E-state index contributed by atoms with van der Waals surface area (Å²) < 4.78 is 4.84. The van der Waals surface area contributed by atoms with E-state index in [0.29, 0.717) is 0 Å². The number of rotatable bonds is 1. The van der Waals surface area contributed by atoms with Gasteiger partial charge in [-0.2, -0.15) is 0 Å². The minimum atomic E-state index is -1.01. The molecule has 0 radical (unpaired) electrons. The summed E-state index contributed by atoms with van der Waals surface area (Å²) in [5.74, 6) is -2.78. The van der Waals surface area contributed by atoms with Crippen molar-refractivity contribution >= 4 is 11.9 Å². The van der Waals surface area contributed by atoms with Crippen LogP contribution in [0.5, 0.6) is 0 Å². The first-order valence-corrected chi connectivity index (χ1v) is 4.14. The van der Waals surface area contributed by atoms with Crippen LogP contribution in [0.15, 0.2) is 0 Å². The molecule has 5 nitrogen and oxygen atoms in total. The Morgan fingerprint density at radius 1 is 1.54 bits per heavy atom. The van der Waals surface area contributed by atoms with E-state index in [-0.39, 0.29) is 0 Å². The van der Waals surface area contributed by atoms with E-state index in [1.807, 2.05) is 0 Å². The van der Waals surface area contributed by atoms with Crippen molar-refractivity contribution in [3.63, 3.8) is 0 Å². The Labute approximate surface area is 75.9 Å². The third-order valence-corrected chi connectivity index (χ3v) is 2.46. The number of carbonyl (C=O) groups excluding carboxylic acids is 1. The first-order chi connectivity index (χ1) is 5.95. The van der Waals surface area contributed by atoms with Gasteiger partial charge in [0.15, 0.2) is 0 Å². The van der Waals surface area contributed by atoms with Crippen molar-refractivity contribution in [2.45, 2.75) is 26.0 Å². The molecule has 0 aromatic heterocycles. The molecular weight excluding hydrogens is 174 g/mol. The van der Waals surface area contributed by atoms with Gasteiger partial charge in [0.2, 0.25) is 0 Å². The van der Waals surface area contributed by atoms with Crippen molar-refractivity contribution in [3.05, 3.63) is 0 Å². The molecule has 0 saturated carbocycles. The Morgan fingerprint density at radius 2 is 2.08 bits per heavy atom. The summed E-state index contributed by atoms with van der Waals surface area (Å²) in [7, 11) is 0. The molecule has 1 aliphatic rings. The molecule has 1 rings (SSSR count). The number of hydrogen-bond donors (Lipinski definition) is 2. The number of nitrogens with two attached hydrogens (primary N) is 1. The third-order valence-electron chi connectivity index (χ3n) is 2.46. The van der Waals surface area contributed by atoms with E-state index >= 15 is 0 Å². The summed E-state index contributed by atoms with van der Waals surface area (Å²) in [6.45, 7) is 3.12. The fourth-order valence-electron chi connectivity index (χ4n) is 1.51. The van der Waals surface area contributed by atoms with Crippen LogP contribution >= 0.6 is 0 Å². The van der Waals surface area contributed by atoms with Crippen molar-refractivity contribution in [3.8, 4) is 0 Å². The predicted octanol–water partition coefficient (Wildman–Crippen LogP) is -0.404. The van der Waals surface area contributed by atoms with E-state index < -0.39 is 35.9 Å². The second-order valence-electron chi connectivity index (χ2n) is 3.37. The second kappa shape index (κ2) is 3.33. The first kappa shape index (κ1) is 9.98. The number of carbonyl (C=O) groups is 2. The molecule has 0 spiro atoms. The first-order valence-electron chi connectivity index (χ1n) is 4.14. The van der Waals surface area contributed by atoms with E-state index in [2.05, 4.69) is 0 Å². The van der Waals surface area contributed by atoms with Gasteiger partial charge in [0.1, 0.15) is 12.0 Å². The molecule has 3 N–H and O–H groups in total. The highest BCUT2D eigenvalue weighted by Crippen LogP contribution is 2.25. The number of esters is 1. The number of carboxylic acid groups (broad SMARTS) is 1. The minimum Gasteiger partial charge on any atom is -0.481 e. The molecule has 0 bridgehead atoms. The molecule has 0 amide bonds. The summed E-state index contributed by atoms with van der Waals surface area (Å²) in [6, 6.07) is -0.659. The quantitative estimate of drug-likeness (QED) is 0.545. The van der Waals surface area contributed by atoms with Crippen LogP contribution in [0, 0.1) is 11.8 Å². The van der Waals surface area contributed by atoms with E-state index in [4.69, 9.17) is 15.6 Å². The Morgan fingerprint density at radius 3 is 2.54 bits per heavy atom. The lowest BCUT2D eigenvalue weighted by atomic mass is 9.84. The molecule has 0 aromatic rings. The molecule has 1 fully saturated rings. The topological polar surface area (TPSA) is 89.6 Å². The fourth-order valence-corrected chi connectivity index (χ4v) is 1.51. The molecule has 0 unspecified atom stereocenters. The van der Waals surface area contributed by atoms with E-state index in [1.54, 1.807) is 13.8 Å². The van der Waals surface area contributed by atoms with Gasteiger partial charge in [0, 0.05) is 6.04 Å². The monoisotopic (exact) mass is 187 g/mol. The molecule has 1 aliphatic heterocycles. The van der Waals surface area contributed by atoms with Crippen LogP contribution in [0.1, 0.15) is 13.8 Å². The van der Waals surface area contributed by atoms with Gasteiger partial charge in [-0.05, 0) is 6.92 Å². The standard InChI is InChI=1S/C8H13NO4/c1-3-6(9)5(7(10)11)4(2)13-8(3)12/h3-6H,9H2,1-2H3,(H,10,11)/t3-,4-,5-,6-/m1/s1. The van der Waals surface area contributed by atoms with Gasteiger partial charge < -0.3 is 15.6 Å². The van der Waals surface area contributed by atoms with Crippen molar-refractivity contribution in [2.75, 3.05) is 0 Å². The largest absolute Gasteiger partial charge is 0.481 e. The molecule has 0 aromatic carbocycles. The van der Waals surface area contributed by atoms with Gasteiger partial charge in [-0.15, -0.1) is 0 Å². The van der Waals surface area contributed by atoms with Gasteiger partial charge in [0.05, 0.1) is 5.92 Å². The molecule has 0 aliphatic carbocycles. The van der Waals surface area contributed by atoms with E-state index in [9.17, 15) is 9.59 Å². The molecular formula is C8H13NO4. The molecule has 5 heteroatoms. The molecule has 1 heterocycles. The summed E-state index contributed by atoms with van der Waals surface area (Å²) in [6.07, 6.45) is -0.642. The van der Waals surface area contributed by atoms with Crippen molar-refractivity contribution in [2.24, 2.45) is 17.6 Å². The smallest absolute Gasteiger partial charge is 0.311 e. The van der Waals surface area contributed by atoms with Gasteiger partial charge >= 0.3 is 11.9 Å². The maximum absolute atomic E-state index is 11.1. The summed E-state index contributed by atoms with van der Waals surface area (Å²) in [5.41, 5.74) is 5.62. The van der Waals surface area contributed by atoms with Gasteiger partial charge in [-0.3, -0.25) is 9.59 Å². The van der Waals surface area contributed by atoms with Crippen LogP contribution in [0.3, 0.4) is 0 Å². The summed E-state index contributed by atoms with van der Waals surface area (Å²) in [4.78, 5) is 21.8. The number of cyclic esters (lactones) is 1. The maximum Gasteiger partial charge on any atom is 0.311 e. The van der Waals surface area contributed by atoms with Gasteiger partial charge in [-0.1, -0.05) is 6.92 Å². The SMILES string of the molecule is C[C@H]1OC(=O)[C@H](C)[C@@H](N)[C@@H]1C(=O)O. The molecule has 74 valence electrons. The zero-order valence-electron chi connectivity index (χ0n) is 7.56. The minimum absolute atomic E-state index is 0.419. The number of aliphatic carboxylic acids is 1. The number of carboxylic acids is 1. The zero-order chi connectivity index (χ0) is 10.2. The van der Waals surface area contributed by atoms with Crippen molar-refractivity contribution < 1.29 is 19.4 Å². The molecule has 4 atom stereocenters. The fraction of sp³-hybridized carbons (Fsp3) is 0.750. The maximum atomic E-state index is 11.1. The van der Waals surface area contributed by atoms with Gasteiger partial charge in [0.25, 0.3) is 0 Å². The average molecular weight is 187 g/mol. The van der Waals surface area contributed by atoms with Crippen LogP contribution in [0.2, 0.25) is 0 Å². The predicted molar refractivity (Wildman–Crippen MR) is 43.8 cm³/mol. The highest BCUT2D eigenvalue weighted by atomic mass is 16.5. The van der Waals surface area contributed by atoms with Gasteiger partial charge in [-0.25, -0.2) is 0 Å². The molecule has 1 saturated heterocycles. The normalized spacial score (nSPS) is 39.8. The Bertz CT molecular complexity index is 240. The second-order valence-corrected chi connectivity index (χ2v) is 3.37. The van der Waals surface area contributed by atoms with Crippen LogP contribution in [-0.2, 0) is 14.3 Å². The Kier molecular flexibility index (Phi) is 2.56. The van der Waals surface area contributed by atoms with Crippen LogP contribution in [0.25, 0.3) is 0 Å². The van der Waals surface area contributed by atoms with Crippen LogP contribution in [0.4, 0.5) is 0 Å². The Hall–Kier alpha value is -1.10. The number of hydrogen-bond acceptors (Lipinski definition) is 4. The van der Waals surface area contributed by atoms with Crippen molar-refractivity contribution in [1.29, 1.82) is 0 Å². The van der Waals surface area contributed by atoms with Crippen LogP contribution in [-0.4, -0.2) is 29.2 Å². The lowest BCUT2D eigenvalue weighted by molar-refractivity contribution is -0.172. The van der Waals surface area contributed by atoms with E-state index in [0.717, 1.165) is 0 Å². The van der Waals surface area contributed by atoms with E-state index in [1.165, 1.54) is 0 Å². The highest BCUT2D eigenvalue weighted by Gasteiger charge is 2.43. The lowest BCUT2D eigenvalue weighted by Crippen LogP contribution is -2.54. The average Bonchev–Trinajstić information content (AvgIpc) is 1.99. The van der Waals surface area contributed by atoms with Crippen molar-refractivity contribution in [1.82, 2.24) is 0 Å². The molecule has 13 heavy (non-hydrogen) atoms. The summed E-state index contributed by atoms with van der Waals surface area (Å²) in [5, 5.41) is 8.81. The third kappa shape index (κ3) is 1.65. The zero-order valence-corrected chi connectivity index (χ0v) is 7.56. The summed E-state index contributed by atoms with van der Waals surface area (Å²) >= 11 is 0.